The van der Waals surface area contributed by atoms with Crippen molar-refractivity contribution in [3.8, 4) is 0 Å². The summed E-state index contributed by atoms with van der Waals surface area (Å²) in [5.74, 6) is -0.104. The molecule has 4 nitrogen and oxygen atoms in total. The maximum absolute atomic E-state index is 10.4. The van der Waals surface area contributed by atoms with Crippen LogP contribution in [0.2, 0.25) is 0 Å². The highest BCUT2D eigenvalue weighted by molar-refractivity contribution is 5.72. The van der Waals surface area contributed by atoms with E-state index >= 15 is 0 Å². The molecule has 1 amide bonds. The first-order valence-corrected chi connectivity index (χ1v) is 2.80. The summed E-state index contributed by atoms with van der Waals surface area (Å²) in [7, 11) is 1.57. The Morgan fingerprint density at radius 3 is 2.56 bits per heavy atom. The number of amides is 1. The van der Waals surface area contributed by atoms with Crippen molar-refractivity contribution in [1.82, 2.24) is 5.01 Å². The summed E-state index contributed by atoms with van der Waals surface area (Å²) in [4.78, 5) is 10.4. The Kier molecular flexibility index (Phi) is 3.59. The molecule has 9 heavy (non-hydrogen) atoms. The van der Waals surface area contributed by atoms with Gasteiger partial charge >= 0.3 is 0 Å². The standard InChI is InChI=1S/C5H11N3O/c1-4-6-7-8(3)5(2)9/h4H2,1-3H3. The van der Waals surface area contributed by atoms with Gasteiger partial charge in [-0.25, -0.2) is 5.01 Å². The number of nitrogens with zero attached hydrogens (tertiary/aromatic N) is 3. The molecule has 0 heterocycles. The molecule has 52 valence electrons. The highest BCUT2D eigenvalue weighted by Gasteiger charge is 1.95. The zero-order valence-electron chi connectivity index (χ0n) is 5.96. The van der Waals surface area contributed by atoms with Crippen molar-refractivity contribution in [1.29, 1.82) is 0 Å². The van der Waals surface area contributed by atoms with E-state index in [-0.39, 0.29) is 5.91 Å². The van der Waals surface area contributed by atoms with E-state index in [2.05, 4.69) is 10.3 Å². The molecule has 0 unspecified atom stereocenters. The SMILES string of the molecule is CCN=NN(C)C(C)=O. The lowest BCUT2D eigenvalue weighted by atomic mass is 10.7. The van der Waals surface area contributed by atoms with Gasteiger partial charge in [0.15, 0.2) is 0 Å². The second-order valence-electron chi connectivity index (χ2n) is 1.59. The summed E-state index contributed by atoms with van der Waals surface area (Å²) in [5.41, 5.74) is 0. The molecule has 0 aromatic carbocycles. The van der Waals surface area contributed by atoms with Gasteiger partial charge in [-0.15, -0.1) is 0 Å². The number of carbonyl (C=O) groups is 1. The van der Waals surface area contributed by atoms with Crippen molar-refractivity contribution >= 4 is 5.91 Å². The van der Waals surface area contributed by atoms with Crippen LogP contribution >= 0.6 is 0 Å². The summed E-state index contributed by atoms with van der Waals surface area (Å²) < 4.78 is 0. The molecule has 0 bridgehead atoms. The number of rotatable bonds is 2. The van der Waals surface area contributed by atoms with Crippen LogP contribution in [0.15, 0.2) is 10.3 Å². The summed E-state index contributed by atoms with van der Waals surface area (Å²) in [6.45, 7) is 3.91. The fourth-order valence-electron chi connectivity index (χ4n) is 0.221. The molecule has 0 N–H and O–H groups in total. The van der Waals surface area contributed by atoms with E-state index in [0.29, 0.717) is 6.54 Å². The first kappa shape index (κ1) is 8.07. The second-order valence-corrected chi connectivity index (χ2v) is 1.59. The van der Waals surface area contributed by atoms with Gasteiger partial charge in [0.05, 0.1) is 6.54 Å². The number of hydrogen-bond acceptors (Lipinski definition) is 3. The van der Waals surface area contributed by atoms with Gasteiger partial charge in [0, 0.05) is 14.0 Å². The first-order valence-electron chi connectivity index (χ1n) is 2.80. The highest BCUT2D eigenvalue weighted by atomic mass is 16.2. The summed E-state index contributed by atoms with van der Waals surface area (Å²) in [5, 5.41) is 8.37. The van der Waals surface area contributed by atoms with Gasteiger partial charge in [0.25, 0.3) is 0 Å². The Balaban J connectivity index is 3.62. The summed E-state index contributed by atoms with van der Waals surface area (Å²) in [6, 6.07) is 0. The molecule has 0 atom stereocenters. The molecule has 0 saturated carbocycles. The van der Waals surface area contributed by atoms with Gasteiger partial charge in [0.1, 0.15) is 0 Å². The van der Waals surface area contributed by atoms with Crippen LogP contribution in [-0.2, 0) is 4.79 Å². The van der Waals surface area contributed by atoms with Crippen LogP contribution < -0.4 is 0 Å². The molecule has 4 heteroatoms. The molecule has 0 aromatic heterocycles. The normalized spacial score (nSPS) is 10.1. The van der Waals surface area contributed by atoms with Gasteiger partial charge in [0.2, 0.25) is 5.91 Å². The van der Waals surface area contributed by atoms with Gasteiger partial charge in [-0.1, -0.05) is 5.22 Å². The molecule has 0 radical (unpaired) electrons. The van der Waals surface area contributed by atoms with E-state index in [0.717, 1.165) is 0 Å². The van der Waals surface area contributed by atoms with Crippen molar-refractivity contribution in [3.05, 3.63) is 0 Å². The van der Waals surface area contributed by atoms with E-state index in [1.807, 2.05) is 6.92 Å². The van der Waals surface area contributed by atoms with Crippen molar-refractivity contribution in [3.63, 3.8) is 0 Å². The average molecular weight is 129 g/mol. The van der Waals surface area contributed by atoms with Gasteiger partial charge in [-0.2, -0.15) is 5.11 Å². The third kappa shape index (κ3) is 3.64. The number of hydrogen-bond donors (Lipinski definition) is 0. The third-order valence-electron chi connectivity index (χ3n) is 0.795. The summed E-state index contributed by atoms with van der Waals surface area (Å²) >= 11 is 0. The van der Waals surface area contributed by atoms with Crippen molar-refractivity contribution in [2.24, 2.45) is 10.3 Å². The summed E-state index contributed by atoms with van der Waals surface area (Å²) in [6.07, 6.45) is 0. The molecule has 0 spiro atoms. The first-order chi connectivity index (χ1) is 4.18. The van der Waals surface area contributed by atoms with Crippen molar-refractivity contribution < 1.29 is 4.79 Å². The van der Waals surface area contributed by atoms with Crippen LogP contribution in [0.1, 0.15) is 13.8 Å². The van der Waals surface area contributed by atoms with E-state index < -0.39 is 0 Å². The van der Waals surface area contributed by atoms with Gasteiger partial charge in [-0.05, 0) is 6.92 Å². The minimum atomic E-state index is -0.104. The third-order valence-corrected chi connectivity index (χ3v) is 0.795. The number of carbonyl (C=O) groups excluding carboxylic acids is 1. The zero-order chi connectivity index (χ0) is 7.28. The lowest BCUT2D eigenvalue weighted by molar-refractivity contribution is -0.127. The topological polar surface area (TPSA) is 45.0 Å². The monoisotopic (exact) mass is 129 g/mol. The van der Waals surface area contributed by atoms with Crippen LogP contribution in [0, 0.1) is 0 Å². The Morgan fingerprint density at radius 2 is 2.22 bits per heavy atom. The molecular weight excluding hydrogens is 118 g/mol. The minimum absolute atomic E-state index is 0.104. The predicted molar refractivity (Wildman–Crippen MR) is 33.8 cm³/mol. The Bertz CT molecular complexity index is 121. The second kappa shape index (κ2) is 4.00. The molecule has 0 aromatic rings. The zero-order valence-corrected chi connectivity index (χ0v) is 5.96. The maximum atomic E-state index is 10.4. The maximum Gasteiger partial charge on any atom is 0.240 e. The minimum Gasteiger partial charge on any atom is -0.273 e. The largest absolute Gasteiger partial charge is 0.273 e. The van der Waals surface area contributed by atoms with Crippen LogP contribution in [0.3, 0.4) is 0 Å². The highest BCUT2D eigenvalue weighted by Crippen LogP contribution is 1.84. The van der Waals surface area contributed by atoms with Crippen LogP contribution in [-0.4, -0.2) is 24.5 Å². The van der Waals surface area contributed by atoms with Crippen molar-refractivity contribution in [2.45, 2.75) is 13.8 Å². The fraction of sp³-hybridized carbons (Fsp3) is 0.800. The fourth-order valence-corrected chi connectivity index (χ4v) is 0.221. The Hall–Kier alpha value is -0.930. The van der Waals surface area contributed by atoms with E-state index in [1.54, 1.807) is 7.05 Å². The molecule has 0 aliphatic rings. The molecule has 0 saturated heterocycles. The smallest absolute Gasteiger partial charge is 0.240 e. The lowest BCUT2D eigenvalue weighted by Crippen LogP contribution is -2.16. The van der Waals surface area contributed by atoms with Crippen LogP contribution in [0.4, 0.5) is 0 Å². The molecular formula is C5H11N3O. The lowest BCUT2D eigenvalue weighted by Gasteiger charge is -2.02. The predicted octanol–water partition coefficient (Wildman–Crippen LogP) is 0.852. The molecule has 0 aliphatic carbocycles. The quantitative estimate of drug-likeness (QED) is 0.402. The average Bonchev–Trinajstić information content (AvgIpc) is 1.82. The van der Waals surface area contributed by atoms with Crippen LogP contribution in [0.5, 0.6) is 0 Å². The molecule has 0 fully saturated rings. The molecule has 0 aliphatic heterocycles. The Morgan fingerprint density at radius 1 is 1.67 bits per heavy atom. The van der Waals surface area contributed by atoms with Crippen LogP contribution in [0.25, 0.3) is 0 Å². The van der Waals surface area contributed by atoms with E-state index in [4.69, 9.17) is 0 Å². The van der Waals surface area contributed by atoms with Gasteiger partial charge in [-0.3, -0.25) is 4.79 Å². The molecule has 0 rings (SSSR count). The Labute approximate surface area is 54.5 Å². The van der Waals surface area contributed by atoms with Gasteiger partial charge < -0.3 is 0 Å². The van der Waals surface area contributed by atoms with Crippen molar-refractivity contribution in [2.75, 3.05) is 13.6 Å². The van der Waals surface area contributed by atoms with E-state index in [9.17, 15) is 4.79 Å². The van der Waals surface area contributed by atoms with E-state index in [1.165, 1.54) is 11.9 Å².